The summed E-state index contributed by atoms with van der Waals surface area (Å²) in [5.41, 5.74) is 6.08. The standard InChI is InChI=1S/C23H32O2.C16H18O2/c1-21(2,3)17-13-15(9-11-19(17)24)23(7,8)16-10-12-20(25)18(14-16)22(4,5)6;1-11(2)16(12-3-7-14(17)8-4-12)13-5-9-15(18)10-6-13/h9-14,24-25H,1-8H3;3-11,16-18H,1-2H3. The summed E-state index contributed by atoms with van der Waals surface area (Å²) in [5.74, 6) is 1.96. The van der Waals surface area contributed by atoms with Crippen molar-refractivity contribution in [2.24, 2.45) is 5.92 Å². The van der Waals surface area contributed by atoms with Crippen LogP contribution in [-0.2, 0) is 16.2 Å². The van der Waals surface area contributed by atoms with Gasteiger partial charge in [0.15, 0.2) is 0 Å². The maximum absolute atomic E-state index is 10.3. The van der Waals surface area contributed by atoms with Crippen LogP contribution in [-0.4, -0.2) is 20.4 Å². The lowest BCUT2D eigenvalue weighted by Crippen LogP contribution is -2.22. The largest absolute Gasteiger partial charge is 0.508 e. The van der Waals surface area contributed by atoms with Crippen LogP contribution in [0.4, 0.5) is 0 Å². The number of phenolic OH excluding ortho intramolecular Hbond substituents is 4. The summed E-state index contributed by atoms with van der Waals surface area (Å²) in [7, 11) is 0. The zero-order valence-corrected chi connectivity index (χ0v) is 27.5. The highest BCUT2D eigenvalue weighted by Gasteiger charge is 2.29. The average Bonchev–Trinajstić information content (AvgIpc) is 2.90. The van der Waals surface area contributed by atoms with Crippen molar-refractivity contribution in [2.75, 3.05) is 0 Å². The van der Waals surface area contributed by atoms with E-state index in [1.807, 2.05) is 36.4 Å². The van der Waals surface area contributed by atoms with E-state index in [4.69, 9.17) is 0 Å². The molecule has 43 heavy (non-hydrogen) atoms. The molecule has 4 N–H and O–H groups in total. The van der Waals surface area contributed by atoms with Gasteiger partial charge in [-0.3, -0.25) is 0 Å². The quantitative estimate of drug-likeness (QED) is 0.189. The molecule has 0 unspecified atom stereocenters. The molecule has 0 saturated carbocycles. The number of hydrogen-bond donors (Lipinski definition) is 4. The highest BCUT2D eigenvalue weighted by atomic mass is 16.3. The highest BCUT2D eigenvalue weighted by Crippen LogP contribution is 2.40. The van der Waals surface area contributed by atoms with Crippen molar-refractivity contribution < 1.29 is 20.4 Å². The lowest BCUT2D eigenvalue weighted by atomic mass is 9.73. The first kappa shape index (κ1) is 33.6. The first-order valence-electron chi connectivity index (χ1n) is 15.1. The van der Waals surface area contributed by atoms with E-state index in [-0.39, 0.29) is 33.7 Å². The summed E-state index contributed by atoms with van der Waals surface area (Å²) in [4.78, 5) is 0. The van der Waals surface area contributed by atoms with Crippen LogP contribution in [0.2, 0.25) is 0 Å². The van der Waals surface area contributed by atoms with Crippen LogP contribution in [0, 0.1) is 5.92 Å². The summed E-state index contributed by atoms with van der Waals surface area (Å²) in [6.45, 7) is 21.4. The Labute approximate surface area is 258 Å². The molecule has 0 aliphatic rings. The Bertz CT molecular complexity index is 1390. The van der Waals surface area contributed by atoms with E-state index >= 15 is 0 Å². The van der Waals surface area contributed by atoms with E-state index < -0.39 is 0 Å². The number of rotatable bonds is 5. The molecule has 0 amide bonds. The molecule has 0 atom stereocenters. The second-order valence-electron chi connectivity index (χ2n) is 14.5. The Morgan fingerprint density at radius 2 is 0.791 bits per heavy atom. The predicted octanol–water partition coefficient (Wildman–Crippen LogP) is 9.90. The van der Waals surface area contributed by atoms with Crippen molar-refractivity contribution in [3.05, 3.63) is 118 Å². The van der Waals surface area contributed by atoms with Crippen LogP contribution in [0.3, 0.4) is 0 Å². The molecular formula is C39H50O4. The van der Waals surface area contributed by atoms with Crippen molar-refractivity contribution in [3.8, 4) is 23.0 Å². The molecule has 0 aliphatic carbocycles. The van der Waals surface area contributed by atoms with Gasteiger partial charge in [-0.1, -0.05) is 118 Å². The fraction of sp³-hybridized carbons (Fsp3) is 0.385. The molecule has 230 valence electrons. The lowest BCUT2D eigenvalue weighted by molar-refractivity contribution is 0.444. The summed E-state index contributed by atoms with van der Waals surface area (Å²) in [6, 6.07) is 26.5. The monoisotopic (exact) mass is 582 g/mol. The molecule has 0 aliphatic heterocycles. The van der Waals surface area contributed by atoms with Gasteiger partial charge in [-0.2, -0.15) is 0 Å². The molecule has 4 nitrogen and oxygen atoms in total. The van der Waals surface area contributed by atoms with Gasteiger partial charge >= 0.3 is 0 Å². The van der Waals surface area contributed by atoms with Crippen molar-refractivity contribution in [2.45, 2.75) is 91.4 Å². The third-order valence-electron chi connectivity index (χ3n) is 8.22. The molecule has 0 saturated heterocycles. The maximum atomic E-state index is 10.3. The molecule has 0 spiro atoms. The van der Waals surface area contributed by atoms with Crippen molar-refractivity contribution in [1.82, 2.24) is 0 Å². The Morgan fingerprint density at radius 3 is 1.07 bits per heavy atom. The van der Waals surface area contributed by atoms with Gasteiger partial charge in [0.05, 0.1) is 0 Å². The van der Waals surface area contributed by atoms with Gasteiger partial charge < -0.3 is 20.4 Å². The second kappa shape index (κ2) is 12.8. The van der Waals surface area contributed by atoms with Crippen molar-refractivity contribution >= 4 is 0 Å². The van der Waals surface area contributed by atoms with E-state index in [1.54, 1.807) is 36.4 Å². The van der Waals surface area contributed by atoms with Crippen LogP contribution in [0.15, 0.2) is 84.9 Å². The fourth-order valence-electron chi connectivity index (χ4n) is 5.54. The zero-order valence-electron chi connectivity index (χ0n) is 27.5. The van der Waals surface area contributed by atoms with Gasteiger partial charge in [0.2, 0.25) is 0 Å². The number of benzene rings is 4. The van der Waals surface area contributed by atoms with Crippen LogP contribution >= 0.6 is 0 Å². The third-order valence-corrected chi connectivity index (χ3v) is 8.22. The SMILES string of the molecule is CC(C)(C)c1cc(C(C)(C)c2ccc(O)c(C(C)(C)C)c2)ccc1O.CC(C)C(c1ccc(O)cc1)c1ccc(O)cc1. The van der Waals surface area contributed by atoms with Crippen LogP contribution in [0.1, 0.15) is 109 Å². The normalized spacial score (nSPS) is 12.3. The van der Waals surface area contributed by atoms with E-state index in [0.29, 0.717) is 17.4 Å². The molecule has 0 aromatic heterocycles. The summed E-state index contributed by atoms with van der Waals surface area (Å²) in [6.07, 6.45) is 0. The second-order valence-corrected chi connectivity index (χ2v) is 14.5. The smallest absolute Gasteiger partial charge is 0.119 e. The molecule has 4 heteroatoms. The Balaban J connectivity index is 0.000000248. The van der Waals surface area contributed by atoms with Crippen molar-refractivity contribution in [3.63, 3.8) is 0 Å². The van der Waals surface area contributed by atoms with Gasteiger partial charge in [0.1, 0.15) is 23.0 Å². The minimum atomic E-state index is -0.235. The van der Waals surface area contributed by atoms with Crippen LogP contribution in [0.5, 0.6) is 23.0 Å². The number of phenols is 4. The highest BCUT2D eigenvalue weighted by molar-refractivity contribution is 5.49. The predicted molar refractivity (Wildman–Crippen MR) is 179 cm³/mol. The average molecular weight is 583 g/mol. The molecule has 0 heterocycles. The maximum Gasteiger partial charge on any atom is 0.119 e. The van der Waals surface area contributed by atoms with E-state index in [1.165, 1.54) is 11.1 Å². The van der Waals surface area contributed by atoms with Crippen LogP contribution in [0.25, 0.3) is 0 Å². The minimum Gasteiger partial charge on any atom is -0.508 e. The number of aromatic hydroxyl groups is 4. The Morgan fingerprint density at radius 1 is 0.465 bits per heavy atom. The Hall–Kier alpha value is -3.92. The molecule has 4 aromatic rings. The fourth-order valence-corrected chi connectivity index (χ4v) is 5.54. The first-order valence-corrected chi connectivity index (χ1v) is 15.1. The molecule has 4 rings (SSSR count). The zero-order chi connectivity index (χ0) is 32.3. The van der Waals surface area contributed by atoms with Gasteiger partial charge in [-0.05, 0) is 86.5 Å². The molecule has 4 aromatic carbocycles. The molecular weight excluding hydrogens is 532 g/mol. The third kappa shape index (κ3) is 8.13. The van der Waals surface area contributed by atoms with E-state index in [0.717, 1.165) is 22.3 Å². The molecule has 0 radical (unpaired) electrons. The minimum absolute atomic E-state index is 0.123. The van der Waals surface area contributed by atoms with Gasteiger partial charge in [-0.25, -0.2) is 0 Å². The van der Waals surface area contributed by atoms with E-state index in [9.17, 15) is 20.4 Å². The van der Waals surface area contributed by atoms with Crippen molar-refractivity contribution in [1.29, 1.82) is 0 Å². The molecule has 0 bridgehead atoms. The number of hydrogen-bond acceptors (Lipinski definition) is 4. The summed E-state index contributed by atoms with van der Waals surface area (Å²) >= 11 is 0. The van der Waals surface area contributed by atoms with Crippen LogP contribution < -0.4 is 0 Å². The topological polar surface area (TPSA) is 80.9 Å². The lowest BCUT2D eigenvalue weighted by Gasteiger charge is -2.31. The first-order chi connectivity index (χ1) is 19.8. The van der Waals surface area contributed by atoms with E-state index in [2.05, 4.69) is 81.4 Å². The molecule has 0 fully saturated rings. The Kier molecular flexibility index (Phi) is 9.96. The van der Waals surface area contributed by atoms with Gasteiger partial charge in [0, 0.05) is 11.3 Å². The summed E-state index contributed by atoms with van der Waals surface area (Å²) in [5, 5.41) is 39.2. The van der Waals surface area contributed by atoms with Gasteiger partial charge in [-0.15, -0.1) is 0 Å². The van der Waals surface area contributed by atoms with Gasteiger partial charge in [0.25, 0.3) is 0 Å². The summed E-state index contributed by atoms with van der Waals surface area (Å²) < 4.78 is 0.